The minimum absolute atomic E-state index is 0.362. The third-order valence-corrected chi connectivity index (χ3v) is 4.30. The fourth-order valence-electron chi connectivity index (χ4n) is 2.61. The molecule has 9 nitrogen and oxygen atoms in total. The molecule has 0 unspecified atom stereocenters. The van der Waals surface area contributed by atoms with Gasteiger partial charge in [0.1, 0.15) is 12.3 Å². The summed E-state index contributed by atoms with van der Waals surface area (Å²) in [5.74, 6) is -1.07. The average molecular weight is 446 g/mol. The van der Waals surface area contributed by atoms with Crippen LogP contribution in [0.5, 0.6) is 5.75 Å². The molecule has 3 aromatic carbocycles. The van der Waals surface area contributed by atoms with E-state index >= 15 is 0 Å². The monoisotopic (exact) mass is 446 g/mol. The van der Waals surface area contributed by atoms with Crippen LogP contribution in [0.3, 0.4) is 0 Å². The van der Waals surface area contributed by atoms with E-state index in [1.807, 2.05) is 30.3 Å². The number of nitrogens with one attached hydrogen (secondary N) is 2. The molecule has 0 aliphatic rings. The molecule has 0 atom stereocenters. The quantitative estimate of drug-likeness (QED) is 0.380. The van der Waals surface area contributed by atoms with E-state index in [0.717, 1.165) is 5.69 Å². The van der Waals surface area contributed by atoms with E-state index in [1.165, 1.54) is 7.11 Å². The minimum Gasteiger partial charge on any atom is -0.497 e. The van der Waals surface area contributed by atoms with Gasteiger partial charge in [-0.1, -0.05) is 18.2 Å². The summed E-state index contributed by atoms with van der Waals surface area (Å²) < 4.78 is 9.92. The second-order valence-electron chi connectivity index (χ2n) is 6.70. The van der Waals surface area contributed by atoms with E-state index in [2.05, 4.69) is 20.9 Å². The van der Waals surface area contributed by atoms with Gasteiger partial charge in [0.2, 0.25) is 0 Å². The first-order valence-corrected chi connectivity index (χ1v) is 9.98. The molecule has 0 aromatic heterocycles. The molecule has 9 heteroatoms. The highest BCUT2D eigenvalue weighted by Gasteiger charge is 2.11. The van der Waals surface area contributed by atoms with Crippen LogP contribution < -0.4 is 15.4 Å². The molecule has 0 bridgehead atoms. The summed E-state index contributed by atoms with van der Waals surface area (Å²) in [4.78, 5) is 35.8. The van der Waals surface area contributed by atoms with Crippen molar-refractivity contribution in [1.82, 2.24) is 5.32 Å². The van der Waals surface area contributed by atoms with E-state index in [4.69, 9.17) is 9.47 Å². The Labute approximate surface area is 190 Å². The first-order chi connectivity index (χ1) is 16.0. The number of hydrogen-bond donors (Lipinski definition) is 2. The molecule has 0 radical (unpaired) electrons. The number of carbonyl (C=O) groups is 3. The van der Waals surface area contributed by atoms with Gasteiger partial charge in [-0.15, -0.1) is 0 Å². The van der Waals surface area contributed by atoms with Crippen LogP contribution >= 0.6 is 0 Å². The van der Waals surface area contributed by atoms with Crippen LogP contribution in [0.1, 0.15) is 10.4 Å². The van der Waals surface area contributed by atoms with Gasteiger partial charge in [0.05, 0.1) is 18.5 Å². The number of esters is 1. The third-order valence-electron chi connectivity index (χ3n) is 4.30. The summed E-state index contributed by atoms with van der Waals surface area (Å²) in [7, 11) is 1.52. The molecule has 3 aromatic rings. The maximum atomic E-state index is 12.0. The van der Waals surface area contributed by atoms with Crippen molar-refractivity contribution in [2.24, 2.45) is 10.2 Å². The Kier molecular flexibility index (Phi) is 8.24. The number of hydrogen-bond acceptors (Lipinski definition) is 7. The van der Waals surface area contributed by atoms with Crippen LogP contribution in [0.25, 0.3) is 0 Å². The molecular formula is C24H22N4O5. The van der Waals surface area contributed by atoms with Gasteiger partial charge in [-0.25, -0.2) is 0 Å². The third kappa shape index (κ3) is 7.59. The molecule has 33 heavy (non-hydrogen) atoms. The lowest BCUT2D eigenvalue weighted by Crippen LogP contribution is -2.32. The number of methoxy groups -OCH3 is 1. The molecule has 0 aliphatic carbocycles. The molecule has 3 rings (SSSR count). The minimum atomic E-state index is -0.733. The lowest BCUT2D eigenvalue weighted by Gasteiger charge is -2.08. The summed E-state index contributed by atoms with van der Waals surface area (Å²) in [5.41, 5.74) is 2.24. The van der Waals surface area contributed by atoms with E-state index in [0.29, 0.717) is 22.7 Å². The summed E-state index contributed by atoms with van der Waals surface area (Å²) >= 11 is 0. The molecule has 0 saturated heterocycles. The van der Waals surface area contributed by atoms with E-state index in [9.17, 15) is 14.4 Å². The highest BCUT2D eigenvalue weighted by molar-refractivity contribution is 5.96. The van der Waals surface area contributed by atoms with Gasteiger partial charge in [0, 0.05) is 11.3 Å². The second kappa shape index (κ2) is 11.8. The van der Waals surface area contributed by atoms with Crippen LogP contribution in [0.15, 0.2) is 89.1 Å². The van der Waals surface area contributed by atoms with Crippen molar-refractivity contribution in [1.29, 1.82) is 0 Å². The zero-order valence-corrected chi connectivity index (χ0v) is 17.9. The Morgan fingerprint density at radius 1 is 0.818 bits per heavy atom. The number of carbonyl (C=O) groups excluding carboxylic acids is 3. The average Bonchev–Trinajstić information content (AvgIpc) is 2.86. The van der Waals surface area contributed by atoms with Gasteiger partial charge >= 0.3 is 5.97 Å². The summed E-state index contributed by atoms with van der Waals surface area (Å²) in [6, 6.07) is 22.4. The number of ether oxygens (including phenoxy) is 2. The lowest BCUT2D eigenvalue weighted by molar-refractivity contribution is -0.146. The molecule has 2 amide bonds. The zero-order valence-electron chi connectivity index (χ0n) is 17.9. The lowest BCUT2D eigenvalue weighted by atomic mass is 10.2. The molecule has 0 saturated carbocycles. The number of azo groups is 1. The molecule has 0 aliphatic heterocycles. The first kappa shape index (κ1) is 23.1. The fourth-order valence-corrected chi connectivity index (χ4v) is 2.61. The van der Waals surface area contributed by atoms with Crippen LogP contribution in [0.4, 0.5) is 17.1 Å². The number of amides is 2. The van der Waals surface area contributed by atoms with Crippen molar-refractivity contribution in [2.45, 2.75) is 0 Å². The van der Waals surface area contributed by atoms with Gasteiger partial charge in [0.15, 0.2) is 6.61 Å². The summed E-state index contributed by atoms with van der Waals surface area (Å²) in [5, 5.41) is 13.3. The Hall–Kier alpha value is -4.53. The van der Waals surface area contributed by atoms with Crippen LogP contribution in [-0.4, -0.2) is 38.0 Å². The van der Waals surface area contributed by atoms with Crippen molar-refractivity contribution < 1.29 is 23.9 Å². The zero-order chi connectivity index (χ0) is 23.5. The SMILES string of the molecule is COc1ccc(C(=O)NCC(=O)OCC(=O)Nc2ccc(N=Nc3ccccc3)cc2)cc1. The Balaban J connectivity index is 1.39. The van der Waals surface area contributed by atoms with Crippen molar-refractivity contribution in [3.63, 3.8) is 0 Å². The van der Waals surface area contributed by atoms with Crippen LogP contribution in [0.2, 0.25) is 0 Å². The van der Waals surface area contributed by atoms with Crippen LogP contribution in [-0.2, 0) is 14.3 Å². The Morgan fingerprint density at radius 2 is 1.45 bits per heavy atom. The molecule has 0 fully saturated rings. The summed E-state index contributed by atoms with van der Waals surface area (Å²) in [6.45, 7) is -0.841. The normalized spacial score (nSPS) is 10.5. The van der Waals surface area contributed by atoms with E-state index < -0.39 is 24.4 Å². The predicted molar refractivity (Wildman–Crippen MR) is 122 cm³/mol. The second-order valence-corrected chi connectivity index (χ2v) is 6.70. The van der Waals surface area contributed by atoms with E-state index in [1.54, 1.807) is 48.5 Å². The maximum absolute atomic E-state index is 12.0. The highest BCUT2D eigenvalue weighted by Crippen LogP contribution is 2.20. The van der Waals surface area contributed by atoms with Crippen molar-refractivity contribution in [2.75, 3.05) is 25.6 Å². The smallest absolute Gasteiger partial charge is 0.325 e. The fraction of sp³-hybridized carbons (Fsp3) is 0.125. The number of nitrogens with zero attached hydrogens (tertiary/aromatic N) is 2. The standard InChI is InChI=1S/C24H22N4O5/c1-32-21-13-7-17(8-14-21)24(31)25-15-23(30)33-16-22(29)26-18-9-11-20(12-10-18)28-27-19-5-3-2-4-6-19/h2-14H,15-16H2,1H3,(H,25,31)(H,26,29). The maximum Gasteiger partial charge on any atom is 0.325 e. The van der Waals surface area contributed by atoms with Crippen LogP contribution in [0, 0.1) is 0 Å². The van der Waals surface area contributed by atoms with Crippen molar-refractivity contribution >= 4 is 34.8 Å². The van der Waals surface area contributed by atoms with Crippen molar-refractivity contribution in [3.8, 4) is 5.75 Å². The van der Waals surface area contributed by atoms with Gasteiger partial charge < -0.3 is 20.1 Å². The largest absolute Gasteiger partial charge is 0.497 e. The molecule has 0 heterocycles. The van der Waals surface area contributed by atoms with Gasteiger partial charge in [-0.2, -0.15) is 10.2 Å². The van der Waals surface area contributed by atoms with Gasteiger partial charge in [-0.05, 0) is 60.7 Å². The number of rotatable bonds is 9. The Morgan fingerprint density at radius 3 is 2.09 bits per heavy atom. The molecule has 168 valence electrons. The molecular weight excluding hydrogens is 424 g/mol. The number of anilines is 1. The number of benzene rings is 3. The Bertz CT molecular complexity index is 1110. The van der Waals surface area contributed by atoms with Crippen molar-refractivity contribution in [3.05, 3.63) is 84.4 Å². The highest BCUT2D eigenvalue weighted by atomic mass is 16.5. The van der Waals surface area contributed by atoms with E-state index in [-0.39, 0.29) is 6.54 Å². The van der Waals surface area contributed by atoms with Gasteiger partial charge in [0.25, 0.3) is 11.8 Å². The first-order valence-electron chi connectivity index (χ1n) is 9.98. The molecule has 2 N–H and O–H groups in total. The topological polar surface area (TPSA) is 118 Å². The van der Waals surface area contributed by atoms with Gasteiger partial charge in [-0.3, -0.25) is 14.4 Å². The predicted octanol–water partition coefficient (Wildman–Crippen LogP) is 4.02. The molecule has 0 spiro atoms. The summed E-state index contributed by atoms with van der Waals surface area (Å²) in [6.07, 6.45) is 0.